The van der Waals surface area contributed by atoms with Crippen LogP contribution in [0.2, 0.25) is 0 Å². The molecule has 16 heavy (non-hydrogen) atoms. The number of aliphatic hydroxyl groups excluding tert-OH is 1. The molecule has 0 unspecified atom stereocenters. The third-order valence-corrected chi connectivity index (χ3v) is 1.98. The van der Waals surface area contributed by atoms with Crippen molar-refractivity contribution in [3.05, 3.63) is 29.6 Å². The zero-order valence-corrected chi connectivity index (χ0v) is 8.65. The van der Waals surface area contributed by atoms with Crippen molar-refractivity contribution in [3.8, 4) is 5.75 Å². The Morgan fingerprint density at radius 1 is 1.38 bits per heavy atom. The van der Waals surface area contributed by atoms with Crippen molar-refractivity contribution in [2.24, 2.45) is 0 Å². The summed E-state index contributed by atoms with van der Waals surface area (Å²) < 4.78 is 18.0. The lowest BCUT2D eigenvalue weighted by Crippen LogP contribution is -2.05. The number of carbonyl (C=O) groups is 1. The molecule has 0 aliphatic heterocycles. The lowest BCUT2D eigenvalue weighted by molar-refractivity contribution is 0.0691. The summed E-state index contributed by atoms with van der Waals surface area (Å²) >= 11 is 0. The van der Waals surface area contributed by atoms with Gasteiger partial charge in [-0.3, -0.25) is 0 Å². The van der Waals surface area contributed by atoms with Crippen LogP contribution in [0.1, 0.15) is 23.2 Å². The molecule has 0 bridgehead atoms. The summed E-state index contributed by atoms with van der Waals surface area (Å²) in [7, 11) is 0. The number of rotatable bonds is 6. The van der Waals surface area contributed by atoms with Crippen LogP contribution in [-0.4, -0.2) is 29.4 Å². The molecule has 0 saturated heterocycles. The third-order valence-electron chi connectivity index (χ3n) is 1.98. The first-order chi connectivity index (χ1) is 7.65. The summed E-state index contributed by atoms with van der Waals surface area (Å²) in [6.45, 7) is 0.366. The number of aromatic carboxylic acids is 1. The van der Waals surface area contributed by atoms with Gasteiger partial charge in [0.05, 0.1) is 6.61 Å². The van der Waals surface area contributed by atoms with Crippen LogP contribution in [-0.2, 0) is 0 Å². The number of carboxylic acids is 1. The third kappa shape index (κ3) is 3.51. The number of carboxylic acid groups (broad SMARTS) is 1. The van der Waals surface area contributed by atoms with Gasteiger partial charge in [-0.25, -0.2) is 9.18 Å². The van der Waals surface area contributed by atoms with Crippen molar-refractivity contribution in [3.63, 3.8) is 0 Å². The maximum absolute atomic E-state index is 12.8. The molecule has 0 aliphatic carbocycles. The minimum atomic E-state index is -1.23. The SMILES string of the molecule is O=C(O)c1cc(F)ccc1OCCCCO. The zero-order chi connectivity index (χ0) is 12.0. The van der Waals surface area contributed by atoms with E-state index in [-0.39, 0.29) is 17.9 Å². The van der Waals surface area contributed by atoms with Crippen molar-refractivity contribution in [1.82, 2.24) is 0 Å². The highest BCUT2D eigenvalue weighted by Gasteiger charge is 2.12. The number of hydrogen-bond donors (Lipinski definition) is 2. The predicted molar refractivity (Wildman–Crippen MR) is 55.2 cm³/mol. The molecule has 0 radical (unpaired) electrons. The van der Waals surface area contributed by atoms with E-state index in [1.807, 2.05) is 0 Å². The first kappa shape index (κ1) is 12.4. The molecule has 2 N–H and O–H groups in total. The Morgan fingerprint density at radius 2 is 2.12 bits per heavy atom. The molecule has 4 nitrogen and oxygen atoms in total. The van der Waals surface area contributed by atoms with Gasteiger partial charge in [-0.1, -0.05) is 0 Å². The van der Waals surface area contributed by atoms with E-state index in [0.717, 1.165) is 12.1 Å². The molecular weight excluding hydrogens is 215 g/mol. The maximum Gasteiger partial charge on any atom is 0.339 e. The normalized spacial score (nSPS) is 10.1. The topological polar surface area (TPSA) is 66.8 Å². The van der Waals surface area contributed by atoms with Gasteiger partial charge in [0.25, 0.3) is 0 Å². The van der Waals surface area contributed by atoms with Crippen molar-refractivity contribution in [1.29, 1.82) is 0 Å². The second-order valence-electron chi connectivity index (χ2n) is 3.22. The molecule has 0 spiro atoms. The summed E-state index contributed by atoms with van der Waals surface area (Å²) in [4.78, 5) is 10.8. The van der Waals surface area contributed by atoms with E-state index < -0.39 is 11.8 Å². The number of ether oxygens (including phenoxy) is 1. The van der Waals surface area contributed by atoms with Crippen LogP contribution in [0.4, 0.5) is 4.39 Å². The summed E-state index contributed by atoms with van der Waals surface area (Å²) in [5.41, 5.74) is -0.191. The van der Waals surface area contributed by atoms with Crippen molar-refractivity contribution in [2.75, 3.05) is 13.2 Å². The molecule has 0 aliphatic rings. The van der Waals surface area contributed by atoms with E-state index in [9.17, 15) is 9.18 Å². The maximum atomic E-state index is 12.8. The van der Waals surface area contributed by atoms with Crippen LogP contribution in [0.5, 0.6) is 5.75 Å². The van der Waals surface area contributed by atoms with E-state index in [1.165, 1.54) is 6.07 Å². The minimum Gasteiger partial charge on any atom is -0.493 e. The Morgan fingerprint density at radius 3 is 2.75 bits per heavy atom. The van der Waals surface area contributed by atoms with E-state index >= 15 is 0 Å². The predicted octanol–water partition coefficient (Wildman–Crippen LogP) is 1.68. The Bertz CT molecular complexity index is 365. The van der Waals surface area contributed by atoms with Crippen LogP contribution < -0.4 is 4.74 Å². The summed E-state index contributed by atoms with van der Waals surface area (Å²) in [6.07, 6.45) is 1.20. The molecule has 0 fully saturated rings. The van der Waals surface area contributed by atoms with Crippen LogP contribution in [0, 0.1) is 5.82 Å². The molecule has 1 rings (SSSR count). The van der Waals surface area contributed by atoms with Gasteiger partial charge in [-0.15, -0.1) is 0 Å². The van der Waals surface area contributed by atoms with Crippen LogP contribution in [0.25, 0.3) is 0 Å². The van der Waals surface area contributed by atoms with E-state index in [1.54, 1.807) is 0 Å². The van der Waals surface area contributed by atoms with E-state index in [0.29, 0.717) is 19.4 Å². The largest absolute Gasteiger partial charge is 0.493 e. The highest BCUT2D eigenvalue weighted by atomic mass is 19.1. The lowest BCUT2D eigenvalue weighted by atomic mass is 10.2. The summed E-state index contributed by atoms with van der Waals surface area (Å²) in [5.74, 6) is -1.69. The number of benzene rings is 1. The van der Waals surface area contributed by atoms with E-state index in [2.05, 4.69) is 0 Å². The highest BCUT2D eigenvalue weighted by Crippen LogP contribution is 2.19. The molecular formula is C11H13FO4. The first-order valence-electron chi connectivity index (χ1n) is 4.91. The first-order valence-corrected chi connectivity index (χ1v) is 4.91. The van der Waals surface area contributed by atoms with Crippen LogP contribution >= 0.6 is 0 Å². The molecule has 0 amide bonds. The molecule has 0 aromatic heterocycles. The number of aliphatic hydroxyl groups is 1. The van der Waals surface area contributed by atoms with E-state index in [4.69, 9.17) is 14.9 Å². The summed E-state index contributed by atoms with van der Waals surface area (Å²) in [5, 5.41) is 17.3. The molecule has 0 atom stereocenters. The lowest BCUT2D eigenvalue weighted by Gasteiger charge is -2.08. The number of hydrogen-bond acceptors (Lipinski definition) is 3. The van der Waals surface area contributed by atoms with Crippen molar-refractivity contribution in [2.45, 2.75) is 12.8 Å². The Balaban J connectivity index is 2.67. The quantitative estimate of drug-likeness (QED) is 0.727. The fraction of sp³-hybridized carbons (Fsp3) is 0.364. The van der Waals surface area contributed by atoms with Gasteiger partial charge in [0, 0.05) is 6.61 Å². The monoisotopic (exact) mass is 228 g/mol. The molecule has 1 aromatic rings. The second kappa shape index (κ2) is 6.07. The molecule has 0 saturated carbocycles. The van der Waals surface area contributed by atoms with Gasteiger partial charge in [0.1, 0.15) is 17.1 Å². The van der Waals surface area contributed by atoms with Gasteiger partial charge in [0.15, 0.2) is 0 Å². The van der Waals surface area contributed by atoms with Crippen molar-refractivity contribution < 1.29 is 24.1 Å². The Kier molecular flexibility index (Phi) is 4.72. The molecule has 5 heteroatoms. The van der Waals surface area contributed by atoms with Gasteiger partial charge in [-0.2, -0.15) is 0 Å². The Hall–Kier alpha value is -1.62. The highest BCUT2D eigenvalue weighted by molar-refractivity contribution is 5.90. The molecule has 1 aromatic carbocycles. The smallest absolute Gasteiger partial charge is 0.339 e. The van der Waals surface area contributed by atoms with Crippen LogP contribution in [0.15, 0.2) is 18.2 Å². The minimum absolute atomic E-state index is 0.0680. The van der Waals surface area contributed by atoms with Gasteiger partial charge < -0.3 is 14.9 Å². The average molecular weight is 228 g/mol. The van der Waals surface area contributed by atoms with Gasteiger partial charge >= 0.3 is 5.97 Å². The van der Waals surface area contributed by atoms with Crippen LogP contribution in [0.3, 0.4) is 0 Å². The molecule has 88 valence electrons. The van der Waals surface area contributed by atoms with Gasteiger partial charge in [0.2, 0.25) is 0 Å². The Labute approximate surface area is 92.3 Å². The standard InChI is InChI=1S/C11H13FO4/c12-8-3-4-10(9(7-8)11(14)15)16-6-2-1-5-13/h3-4,7,13H,1-2,5-6H2,(H,14,15). The van der Waals surface area contributed by atoms with Gasteiger partial charge in [-0.05, 0) is 31.0 Å². The zero-order valence-electron chi connectivity index (χ0n) is 8.65. The second-order valence-corrected chi connectivity index (χ2v) is 3.22. The summed E-state index contributed by atoms with van der Waals surface area (Å²) in [6, 6.07) is 3.36. The molecule has 0 heterocycles. The average Bonchev–Trinajstić information content (AvgIpc) is 2.26. The fourth-order valence-corrected chi connectivity index (χ4v) is 1.19. The fourth-order valence-electron chi connectivity index (χ4n) is 1.19. The number of unbranched alkanes of at least 4 members (excludes halogenated alkanes) is 1. The number of halogens is 1. The van der Waals surface area contributed by atoms with Crippen molar-refractivity contribution >= 4 is 5.97 Å².